The van der Waals surface area contributed by atoms with Crippen LogP contribution in [-0.2, 0) is 11.2 Å². The van der Waals surface area contributed by atoms with E-state index in [1.807, 2.05) is 42.5 Å². The van der Waals surface area contributed by atoms with Gasteiger partial charge < -0.3 is 15.8 Å². The molecule has 0 bridgehead atoms. The van der Waals surface area contributed by atoms with Crippen molar-refractivity contribution in [2.24, 2.45) is 16.1 Å². The fourth-order valence-corrected chi connectivity index (χ4v) is 3.28. The minimum Gasteiger partial charge on any atom is -0.497 e. The number of methoxy groups -OCH3 is 1. The molecule has 1 amide bonds. The van der Waals surface area contributed by atoms with E-state index in [2.05, 4.69) is 21.4 Å². The number of carbonyl (C=O) groups is 1. The predicted octanol–water partition coefficient (Wildman–Crippen LogP) is 2.08. The van der Waals surface area contributed by atoms with E-state index >= 15 is 0 Å². The lowest BCUT2D eigenvalue weighted by Crippen LogP contribution is -2.43. The molecule has 27 heavy (non-hydrogen) atoms. The Kier molecular flexibility index (Phi) is 5.98. The third kappa shape index (κ3) is 4.80. The number of dihydropyridines is 1. The highest BCUT2D eigenvalue weighted by Gasteiger charge is 2.30. The number of nitrogens with one attached hydrogen (secondary N) is 1. The topological polar surface area (TPSA) is 89.6 Å². The van der Waals surface area contributed by atoms with Crippen molar-refractivity contribution in [2.75, 3.05) is 20.2 Å². The molecule has 2 aromatic rings. The van der Waals surface area contributed by atoms with Gasteiger partial charge in [0.15, 0.2) is 0 Å². The molecular formula is C21H24N4O2. The Bertz CT molecular complexity index is 818. The molecule has 1 aromatic carbocycles. The van der Waals surface area contributed by atoms with Crippen LogP contribution < -0.4 is 15.8 Å². The van der Waals surface area contributed by atoms with Gasteiger partial charge >= 0.3 is 0 Å². The Morgan fingerprint density at radius 2 is 2.00 bits per heavy atom. The second kappa shape index (κ2) is 8.60. The van der Waals surface area contributed by atoms with Crippen molar-refractivity contribution >= 4 is 12.1 Å². The zero-order chi connectivity index (χ0) is 19.1. The van der Waals surface area contributed by atoms with Gasteiger partial charge in [0.2, 0.25) is 5.91 Å². The second-order valence-corrected chi connectivity index (χ2v) is 6.73. The van der Waals surface area contributed by atoms with Gasteiger partial charge in [-0.1, -0.05) is 18.2 Å². The smallest absolute Gasteiger partial charge is 0.239 e. The zero-order valence-corrected chi connectivity index (χ0v) is 15.3. The van der Waals surface area contributed by atoms with Crippen molar-refractivity contribution in [3.8, 4) is 5.75 Å². The van der Waals surface area contributed by atoms with Crippen molar-refractivity contribution in [1.82, 2.24) is 10.3 Å². The van der Waals surface area contributed by atoms with E-state index < -0.39 is 11.9 Å². The molecule has 140 valence electrons. The second-order valence-electron chi connectivity index (χ2n) is 6.73. The number of allylic oxidation sites excluding steroid dienone is 1. The number of ether oxygens (including phenoxy) is 1. The molecule has 6 nitrogen and oxygen atoms in total. The van der Waals surface area contributed by atoms with Gasteiger partial charge in [-0.15, -0.1) is 0 Å². The Hall–Kier alpha value is -2.99. The quantitative estimate of drug-likeness (QED) is 0.750. The summed E-state index contributed by atoms with van der Waals surface area (Å²) in [6, 6.07) is 10.8. The number of rotatable bonds is 8. The number of benzene rings is 1. The first kappa shape index (κ1) is 18.8. The van der Waals surface area contributed by atoms with Gasteiger partial charge in [0.25, 0.3) is 0 Å². The molecule has 1 aliphatic rings. The molecule has 0 fully saturated rings. The number of hydrogen-bond donors (Lipinski definition) is 2. The summed E-state index contributed by atoms with van der Waals surface area (Å²) in [6.07, 6.45) is 10.3. The van der Waals surface area contributed by atoms with Crippen LogP contribution in [0.4, 0.5) is 0 Å². The molecule has 1 aliphatic heterocycles. The summed E-state index contributed by atoms with van der Waals surface area (Å²) in [5.74, 6) is 0.322. The monoisotopic (exact) mass is 364 g/mol. The lowest BCUT2D eigenvalue weighted by atomic mass is 9.80. The number of carbonyl (C=O) groups excluding carboxylic acids is 1. The summed E-state index contributed by atoms with van der Waals surface area (Å²) >= 11 is 0. The van der Waals surface area contributed by atoms with Gasteiger partial charge in [-0.05, 0) is 47.9 Å². The number of nitrogens with zero attached hydrogens (tertiary/aromatic N) is 2. The maximum atomic E-state index is 12.1. The van der Waals surface area contributed by atoms with Crippen LogP contribution in [0.3, 0.4) is 0 Å². The highest BCUT2D eigenvalue weighted by atomic mass is 16.5. The van der Waals surface area contributed by atoms with E-state index in [9.17, 15) is 4.79 Å². The van der Waals surface area contributed by atoms with Crippen LogP contribution in [0.2, 0.25) is 0 Å². The summed E-state index contributed by atoms with van der Waals surface area (Å²) in [4.78, 5) is 20.6. The Morgan fingerprint density at radius 3 is 2.59 bits per heavy atom. The molecule has 0 saturated carbocycles. The van der Waals surface area contributed by atoms with Crippen LogP contribution in [0.15, 0.2) is 65.9 Å². The Balaban J connectivity index is 1.77. The number of amides is 1. The first-order valence-corrected chi connectivity index (χ1v) is 8.85. The average Bonchev–Trinajstić information content (AvgIpc) is 2.70. The molecule has 3 N–H and O–H groups in total. The van der Waals surface area contributed by atoms with E-state index in [1.54, 1.807) is 25.7 Å². The van der Waals surface area contributed by atoms with Crippen LogP contribution in [0.1, 0.15) is 17.2 Å². The summed E-state index contributed by atoms with van der Waals surface area (Å²) in [5.41, 5.74) is 7.42. The summed E-state index contributed by atoms with van der Waals surface area (Å²) in [6.45, 7) is 1.22. The highest BCUT2D eigenvalue weighted by molar-refractivity contribution is 5.81. The minimum atomic E-state index is -0.579. The third-order valence-electron chi connectivity index (χ3n) is 4.74. The van der Waals surface area contributed by atoms with Gasteiger partial charge in [0.05, 0.1) is 7.11 Å². The van der Waals surface area contributed by atoms with Crippen LogP contribution in [0.5, 0.6) is 5.75 Å². The predicted molar refractivity (Wildman–Crippen MR) is 106 cm³/mol. The normalized spacial score (nSPS) is 19.6. The molecule has 3 rings (SSSR count). The number of aromatic nitrogens is 1. The first-order valence-electron chi connectivity index (χ1n) is 8.85. The summed E-state index contributed by atoms with van der Waals surface area (Å²) in [7, 11) is 1.61. The van der Waals surface area contributed by atoms with Crippen LogP contribution in [0.25, 0.3) is 0 Å². The standard InChI is InChI=1S/C21H24N4O2/c1-27-18-5-3-17(4-6-18)19(20(22)26)25-15-21(9-2-10-24-14-21)13-16-7-11-23-12-8-16/h2-12,19,25H,13-15H2,1H3,(H2,22,26). The number of aliphatic imine (C=N–C) groups is 1. The molecule has 2 unspecified atom stereocenters. The molecule has 6 heteroatoms. The van der Waals surface area contributed by atoms with Gasteiger partial charge in [-0.3, -0.25) is 14.8 Å². The van der Waals surface area contributed by atoms with Crippen molar-refractivity contribution in [3.05, 3.63) is 72.1 Å². The van der Waals surface area contributed by atoms with E-state index in [0.29, 0.717) is 13.1 Å². The SMILES string of the molecule is COc1ccc(C(NCC2(Cc3ccncc3)C=CC=NC2)C(N)=O)cc1. The molecule has 0 aliphatic carbocycles. The lowest BCUT2D eigenvalue weighted by Gasteiger charge is -2.32. The number of pyridine rings is 1. The summed E-state index contributed by atoms with van der Waals surface area (Å²) in [5, 5.41) is 3.35. The third-order valence-corrected chi connectivity index (χ3v) is 4.74. The van der Waals surface area contributed by atoms with Gasteiger partial charge in [-0.2, -0.15) is 0 Å². The van der Waals surface area contributed by atoms with Gasteiger partial charge in [0, 0.05) is 37.1 Å². The number of primary amides is 1. The van der Waals surface area contributed by atoms with Crippen molar-refractivity contribution in [2.45, 2.75) is 12.5 Å². The van der Waals surface area contributed by atoms with E-state index in [0.717, 1.165) is 17.7 Å². The van der Waals surface area contributed by atoms with Crippen LogP contribution >= 0.6 is 0 Å². The zero-order valence-electron chi connectivity index (χ0n) is 15.3. The maximum absolute atomic E-state index is 12.1. The largest absolute Gasteiger partial charge is 0.497 e. The molecule has 0 spiro atoms. The molecule has 2 atom stereocenters. The van der Waals surface area contributed by atoms with E-state index in [-0.39, 0.29) is 5.41 Å². The van der Waals surface area contributed by atoms with Gasteiger partial charge in [0.1, 0.15) is 11.8 Å². The number of hydrogen-bond acceptors (Lipinski definition) is 5. The lowest BCUT2D eigenvalue weighted by molar-refractivity contribution is -0.120. The minimum absolute atomic E-state index is 0.226. The van der Waals surface area contributed by atoms with Crippen molar-refractivity contribution < 1.29 is 9.53 Å². The van der Waals surface area contributed by atoms with Gasteiger partial charge in [-0.25, -0.2) is 0 Å². The molecular weight excluding hydrogens is 340 g/mol. The van der Waals surface area contributed by atoms with E-state index in [1.165, 1.54) is 5.56 Å². The highest BCUT2D eigenvalue weighted by Crippen LogP contribution is 2.28. The molecule has 0 radical (unpaired) electrons. The van der Waals surface area contributed by atoms with Crippen LogP contribution in [-0.4, -0.2) is 37.3 Å². The van der Waals surface area contributed by atoms with E-state index in [4.69, 9.17) is 10.5 Å². The summed E-state index contributed by atoms with van der Waals surface area (Å²) < 4.78 is 5.18. The molecule has 1 aromatic heterocycles. The fraction of sp³-hybridized carbons (Fsp3) is 0.286. The maximum Gasteiger partial charge on any atom is 0.239 e. The fourth-order valence-electron chi connectivity index (χ4n) is 3.28. The van der Waals surface area contributed by atoms with Crippen LogP contribution in [0, 0.1) is 5.41 Å². The molecule has 0 saturated heterocycles. The Labute approximate surface area is 159 Å². The van der Waals surface area contributed by atoms with Crippen molar-refractivity contribution in [3.63, 3.8) is 0 Å². The van der Waals surface area contributed by atoms with Crippen molar-refractivity contribution in [1.29, 1.82) is 0 Å². The molecule has 2 heterocycles. The average molecular weight is 364 g/mol. The Morgan fingerprint density at radius 1 is 1.26 bits per heavy atom. The first-order chi connectivity index (χ1) is 13.1. The number of nitrogens with two attached hydrogens (primary N) is 1.